The minimum absolute atomic E-state index is 0.0466. The first kappa shape index (κ1) is 17.7. The highest BCUT2D eigenvalue weighted by Gasteiger charge is 2.16. The average molecular weight is 320 g/mol. The number of rotatable bonds is 5. The standard InChI is InChI=1S/C17H28N4O2/c1-17(2,3)14-9-10-15(21-20-14)19-16(22)18-11-6-8-13-7-4-5-12-23-13/h9-10,13H,4-8,11-12H2,1-3H3,(H2,18,19,21,22)/t13-/m1/s1. The number of nitrogens with zero attached hydrogens (tertiary/aromatic N) is 2. The number of hydrogen-bond acceptors (Lipinski definition) is 4. The van der Waals surface area contributed by atoms with Gasteiger partial charge in [-0.3, -0.25) is 5.32 Å². The maximum Gasteiger partial charge on any atom is 0.320 e. The highest BCUT2D eigenvalue weighted by atomic mass is 16.5. The van der Waals surface area contributed by atoms with Gasteiger partial charge in [0, 0.05) is 18.6 Å². The number of hydrogen-bond donors (Lipinski definition) is 2. The van der Waals surface area contributed by atoms with E-state index in [9.17, 15) is 4.79 Å². The van der Waals surface area contributed by atoms with E-state index < -0.39 is 0 Å². The van der Waals surface area contributed by atoms with E-state index in [1.165, 1.54) is 12.8 Å². The van der Waals surface area contributed by atoms with Crippen molar-refractivity contribution in [3.05, 3.63) is 17.8 Å². The Kier molecular flexibility index (Phi) is 6.33. The molecule has 1 aromatic rings. The van der Waals surface area contributed by atoms with Crippen LogP contribution in [-0.2, 0) is 10.2 Å². The van der Waals surface area contributed by atoms with Crippen LogP contribution in [0, 0.1) is 0 Å². The van der Waals surface area contributed by atoms with Gasteiger partial charge in [-0.05, 0) is 44.2 Å². The molecule has 1 saturated heterocycles. The van der Waals surface area contributed by atoms with Crippen molar-refractivity contribution in [3.63, 3.8) is 0 Å². The first-order valence-corrected chi connectivity index (χ1v) is 8.46. The normalized spacial score (nSPS) is 18.5. The Bertz CT molecular complexity index is 490. The first-order chi connectivity index (χ1) is 10.9. The molecule has 0 spiro atoms. The van der Waals surface area contributed by atoms with Crippen LogP contribution in [0.3, 0.4) is 0 Å². The van der Waals surface area contributed by atoms with Crippen LogP contribution in [0.1, 0.15) is 58.6 Å². The van der Waals surface area contributed by atoms with Crippen LogP contribution in [-0.4, -0.2) is 35.5 Å². The van der Waals surface area contributed by atoms with Gasteiger partial charge >= 0.3 is 6.03 Å². The second kappa shape index (κ2) is 8.24. The summed E-state index contributed by atoms with van der Waals surface area (Å²) in [4.78, 5) is 11.8. The molecule has 128 valence electrons. The molecule has 0 aliphatic carbocycles. The van der Waals surface area contributed by atoms with Crippen LogP contribution in [0.5, 0.6) is 0 Å². The van der Waals surface area contributed by atoms with E-state index in [0.717, 1.165) is 31.6 Å². The molecule has 0 bridgehead atoms. The van der Waals surface area contributed by atoms with Crippen molar-refractivity contribution in [3.8, 4) is 0 Å². The molecule has 2 heterocycles. The Morgan fingerprint density at radius 1 is 1.30 bits per heavy atom. The van der Waals surface area contributed by atoms with E-state index in [-0.39, 0.29) is 11.4 Å². The Labute approximate surface area is 138 Å². The van der Waals surface area contributed by atoms with Crippen LogP contribution in [0.2, 0.25) is 0 Å². The van der Waals surface area contributed by atoms with Gasteiger partial charge in [-0.1, -0.05) is 20.8 Å². The molecular formula is C17H28N4O2. The van der Waals surface area contributed by atoms with Crippen molar-refractivity contribution in [2.24, 2.45) is 0 Å². The van der Waals surface area contributed by atoms with Crippen molar-refractivity contribution < 1.29 is 9.53 Å². The number of aromatic nitrogens is 2. The van der Waals surface area contributed by atoms with Crippen LogP contribution in [0.15, 0.2) is 12.1 Å². The SMILES string of the molecule is CC(C)(C)c1ccc(NC(=O)NCCC[C@H]2CCCCO2)nn1. The number of nitrogens with one attached hydrogen (secondary N) is 2. The summed E-state index contributed by atoms with van der Waals surface area (Å²) in [5.74, 6) is 0.464. The number of amides is 2. The second-order valence-electron chi connectivity index (χ2n) is 7.07. The molecule has 1 aliphatic heterocycles. The summed E-state index contributed by atoms with van der Waals surface area (Å²) in [6.07, 6.45) is 5.85. The van der Waals surface area contributed by atoms with Crippen molar-refractivity contribution >= 4 is 11.8 Å². The Morgan fingerprint density at radius 2 is 2.13 bits per heavy atom. The van der Waals surface area contributed by atoms with Gasteiger partial charge in [0.25, 0.3) is 0 Å². The smallest absolute Gasteiger partial charge is 0.320 e. The molecule has 6 nitrogen and oxygen atoms in total. The van der Waals surface area contributed by atoms with E-state index in [2.05, 4.69) is 41.6 Å². The molecule has 1 aliphatic rings. The van der Waals surface area contributed by atoms with E-state index in [1.807, 2.05) is 6.07 Å². The molecule has 23 heavy (non-hydrogen) atoms. The van der Waals surface area contributed by atoms with E-state index in [4.69, 9.17) is 4.74 Å². The van der Waals surface area contributed by atoms with Gasteiger partial charge in [0.15, 0.2) is 5.82 Å². The summed E-state index contributed by atoms with van der Waals surface area (Å²) < 4.78 is 5.67. The maximum atomic E-state index is 11.8. The number of anilines is 1. The van der Waals surface area contributed by atoms with E-state index >= 15 is 0 Å². The minimum Gasteiger partial charge on any atom is -0.378 e. The zero-order valence-electron chi connectivity index (χ0n) is 14.4. The lowest BCUT2D eigenvalue weighted by Crippen LogP contribution is -2.31. The molecule has 0 saturated carbocycles. The molecule has 2 amide bonds. The molecule has 2 rings (SSSR count). The first-order valence-electron chi connectivity index (χ1n) is 8.46. The lowest BCUT2D eigenvalue weighted by Gasteiger charge is -2.22. The lowest BCUT2D eigenvalue weighted by atomic mass is 9.92. The summed E-state index contributed by atoms with van der Waals surface area (Å²) in [7, 11) is 0. The molecule has 2 N–H and O–H groups in total. The highest BCUT2D eigenvalue weighted by molar-refractivity contribution is 5.87. The summed E-state index contributed by atoms with van der Waals surface area (Å²) in [5.41, 5.74) is 0.852. The quantitative estimate of drug-likeness (QED) is 0.817. The summed E-state index contributed by atoms with van der Waals surface area (Å²) >= 11 is 0. The van der Waals surface area contributed by atoms with Crippen LogP contribution >= 0.6 is 0 Å². The third-order valence-corrected chi connectivity index (χ3v) is 3.94. The highest BCUT2D eigenvalue weighted by Crippen LogP contribution is 2.19. The fourth-order valence-electron chi connectivity index (χ4n) is 2.53. The van der Waals surface area contributed by atoms with E-state index in [0.29, 0.717) is 18.5 Å². The van der Waals surface area contributed by atoms with Gasteiger partial charge in [-0.25, -0.2) is 4.79 Å². The summed E-state index contributed by atoms with van der Waals surface area (Å²) in [6, 6.07) is 3.43. The number of carbonyl (C=O) groups is 1. The predicted octanol–water partition coefficient (Wildman–Crippen LogP) is 3.24. The minimum atomic E-state index is -0.243. The van der Waals surface area contributed by atoms with Gasteiger partial charge in [-0.15, -0.1) is 5.10 Å². The van der Waals surface area contributed by atoms with Crippen molar-refractivity contribution in [1.29, 1.82) is 0 Å². The van der Waals surface area contributed by atoms with E-state index in [1.54, 1.807) is 6.07 Å². The number of carbonyl (C=O) groups excluding carboxylic acids is 1. The van der Waals surface area contributed by atoms with Crippen molar-refractivity contribution in [2.45, 2.75) is 64.4 Å². The Hall–Kier alpha value is -1.69. The fourth-order valence-corrected chi connectivity index (χ4v) is 2.53. The molecule has 0 aromatic carbocycles. The van der Waals surface area contributed by atoms with Gasteiger partial charge in [0.1, 0.15) is 0 Å². The third kappa shape index (κ3) is 6.14. The second-order valence-corrected chi connectivity index (χ2v) is 7.07. The monoisotopic (exact) mass is 320 g/mol. The molecule has 0 radical (unpaired) electrons. The molecule has 1 aromatic heterocycles. The van der Waals surface area contributed by atoms with Crippen LogP contribution in [0.4, 0.5) is 10.6 Å². The van der Waals surface area contributed by atoms with Gasteiger partial charge < -0.3 is 10.1 Å². The van der Waals surface area contributed by atoms with Gasteiger partial charge in [0.05, 0.1) is 11.8 Å². The number of ether oxygens (including phenoxy) is 1. The summed E-state index contributed by atoms with van der Waals surface area (Å²) in [6.45, 7) is 7.74. The fraction of sp³-hybridized carbons (Fsp3) is 0.706. The van der Waals surface area contributed by atoms with Crippen LogP contribution in [0.25, 0.3) is 0 Å². The van der Waals surface area contributed by atoms with Crippen LogP contribution < -0.4 is 10.6 Å². The Balaban J connectivity index is 1.66. The summed E-state index contributed by atoms with van der Waals surface area (Å²) in [5, 5.41) is 13.7. The van der Waals surface area contributed by atoms with Gasteiger partial charge in [0.2, 0.25) is 0 Å². The molecule has 1 fully saturated rings. The molecule has 1 atom stereocenters. The topological polar surface area (TPSA) is 76.1 Å². The molecule has 6 heteroatoms. The van der Waals surface area contributed by atoms with Crippen molar-refractivity contribution in [1.82, 2.24) is 15.5 Å². The molecular weight excluding hydrogens is 292 g/mol. The third-order valence-electron chi connectivity index (χ3n) is 3.94. The molecule has 0 unspecified atom stereocenters. The van der Waals surface area contributed by atoms with Crippen molar-refractivity contribution in [2.75, 3.05) is 18.5 Å². The van der Waals surface area contributed by atoms with Gasteiger partial charge in [-0.2, -0.15) is 5.10 Å². The average Bonchev–Trinajstić information content (AvgIpc) is 2.52. The maximum absolute atomic E-state index is 11.8. The Morgan fingerprint density at radius 3 is 2.74 bits per heavy atom. The lowest BCUT2D eigenvalue weighted by molar-refractivity contribution is 0.0103. The number of urea groups is 1. The zero-order chi connectivity index (χ0) is 16.7. The largest absolute Gasteiger partial charge is 0.378 e. The zero-order valence-corrected chi connectivity index (χ0v) is 14.4. The predicted molar refractivity (Wildman–Crippen MR) is 90.6 cm³/mol.